The summed E-state index contributed by atoms with van der Waals surface area (Å²) < 4.78 is 0. The van der Waals surface area contributed by atoms with Gasteiger partial charge in [0.1, 0.15) is 6.04 Å². The number of para-hydroxylation sites is 2. The van der Waals surface area contributed by atoms with Crippen LogP contribution >= 0.6 is 0 Å². The second-order valence-electron chi connectivity index (χ2n) is 8.77. The maximum Gasteiger partial charge on any atom is 0.262 e. The highest BCUT2D eigenvalue weighted by Crippen LogP contribution is 2.40. The van der Waals surface area contributed by atoms with Gasteiger partial charge in [-0.2, -0.15) is 0 Å². The van der Waals surface area contributed by atoms with Crippen molar-refractivity contribution in [1.82, 2.24) is 4.90 Å². The molecular weight excluding hydrogens is 436 g/mol. The molecule has 5 heteroatoms. The van der Waals surface area contributed by atoms with Crippen LogP contribution < -0.4 is 4.90 Å². The second-order valence-corrected chi connectivity index (χ2v) is 8.77. The molecule has 35 heavy (non-hydrogen) atoms. The lowest BCUT2D eigenvalue weighted by atomic mass is 10.0. The molecule has 0 N–H and O–H groups in total. The molecule has 5 nitrogen and oxygen atoms in total. The molecule has 0 spiro atoms. The first kappa shape index (κ1) is 21.1. The molecule has 2 aliphatic rings. The highest BCUT2D eigenvalue weighted by atomic mass is 16.2. The van der Waals surface area contributed by atoms with Gasteiger partial charge < -0.3 is 0 Å². The minimum Gasteiger partial charge on any atom is -0.278 e. The summed E-state index contributed by atoms with van der Waals surface area (Å²) in [5.41, 5.74) is 4.88. The maximum absolute atomic E-state index is 14.6. The summed E-state index contributed by atoms with van der Waals surface area (Å²) in [7, 11) is 0. The van der Waals surface area contributed by atoms with Crippen LogP contribution in [0, 0.1) is 0 Å². The summed E-state index contributed by atoms with van der Waals surface area (Å²) >= 11 is 0. The fourth-order valence-electron chi connectivity index (χ4n) is 5.12. The first-order valence-corrected chi connectivity index (χ1v) is 11.7. The summed E-state index contributed by atoms with van der Waals surface area (Å²) in [6.07, 6.45) is 1.58. The van der Waals surface area contributed by atoms with Crippen molar-refractivity contribution in [2.24, 2.45) is 0 Å². The number of imide groups is 1. The summed E-state index contributed by atoms with van der Waals surface area (Å²) in [5.74, 6) is -1.25. The maximum atomic E-state index is 14.6. The van der Waals surface area contributed by atoms with Gasteiger partial charge in [-0.25, -0.2) is 0 Å². The quantitative estimate of drug-likeness (QED) is 0.382. The molecule has 4 aromatic rings. The van der Waals surface area contributed by atoms with Crippen molar-refractivity contribution in [3.8, 4) is 0 Å². The van der Waals surface area contributed by atoms with E-state index in [2.05, 4.69) is 0 Å². The Hall–Kier alpha value is -4.51. The van der Waals surface area contributed by atoms with Crippen LogP contribution in [0.3, 0.4) is 0 Å². The Morgan fingerprint density at radius 1 is 0.600 bits per heavy atom. The van der Waals surface area contributed by atoms with E-state index < -0.39 is 17.9 Å². The average Bonchev–Trinajstić information content (AvgIpc) is 3.05. The standard InChI is InChI=1S/C30H22N2O3/c33-28-23-14-6-7-15-24(23)29(34)32(28)27(22-12-2-1-3-13-22)30(35)31-25-16-8-4-10-20(25)18-19-21-11-5-9-17-26(21)31/h1-17,27H,18-19H2. The average molecular weight is 459 g/mol. The van der Waals surface area contributed by atoms with E-state index in [1.165, 1.54) is 0 Å². The van der Waals surface area contributed by atoms with Crippen molar-refractivity contribution in [3.05, 3.63) is 131 Å². The van der Waals surface area contributed by atoms with Gasteiger partial charge in [0.2, 0.25) is 0 Å². The fraction of sp³-hybridized carbons (Fsp3) is 0.100. The van der Waals surface area contributed by atoms with Crippen LogP contribution in [0.2, 0.25) is 0 Å². The molecule has 4 aromatic carbocycles. The molecular formula is C30H22N2O3. The SMILES string of the molecule is O=C(C(c1ccccc1)N1C(=O)c2ccccc2C1=O)N1c2ccccc2CCc2ccccc21. The fourth-order valence-corrected chi connectivity index (χ4v) is 5.12. The van der Waals surface area contributed by atoms with Crippen LogP contribution in [0.25, 0.3) is 0 Å². The third-order valence-electron chi connectivity index (χ3n) is 6.78. The van der Waals surface area contributed by atoms with Crippen LogP contribution in [0.15, 0.2) is 103 Å². The van der Waals surface area contributed by atoms with Crippen LogP contribution in [0.1, 0.15) is 43.4 Å². The van der Waals surface area contributed by atoms with Crippen molar-refractivity contribution in [2.75, 3.05) is 4.90 Å². The van der Waals surface area contributed by atoms with Crippen molar-refractivity contribution in [1.29, 1.82) is 0 Å². The van der Waals surface area contributed by atoms with E-state index in [9.17, 15) is 14.4 Å². The van der Waals surface area contributed by atoms with Crippen LogP contribution in [0.5, 0.6) is 0 Å². The number of rotatable bonds is 3. The topological polar surface area (TPSA) is 57.7 Å². The molecule has 1 atom stereocenters. The highest BCUT2D eigenvalue weighted by Gasteiger charge is 2.45. The number of amides is 3. The monoisotopic (exact) mass is 458 g/mol. The molecule has 0 saturated carbocycles. The van der Waals surface area contributed by atoms with Gasteiger partial charge in [-0.15, -0.1) is 0 Å². The zero-order valence-electron chi connectivity index (χ0n) is 18.9. The Kier molecular flexibility index (Phi) is 5.03. The number of carbonyl (C=O) groups is 3. The predicted molar refractivity (Wildman–Crippen MR) is 134 cm³/mol. The first-order chi connectivity index (χ1) is 17.1. The first-order valence-electron chi connectivity index (χ1n) is 11.7. The van der Waals surface area contributed by atoms with Gasteiger partial charge in [0.25, 0.3) is 17.7 Å². The molecule has 3 amide bonds. The number of fused-ring (bicyclic) bond motifs is 3. The van der Waals surface area contributed by atoms with Gasteiger partial charge in [-0.05, 0) is 53.8 Å². The van der Waals surface area contributed by atoms with E-state index in [1.807, 2.05) is 66.7 Å². The lowest BCUT2D eigenvalue weighted by Crippen LogP contribution is -2.44. The van der Waals surface area contributed by atoms with Crippen molar-refractivity contribution in [3.63, 3.8) is 0 Å². The Morgan fingerprint density at radius 2 is 1.06 bits per heavy atom. The third kappa shape index (κ3) is 3.36. The number of hydrogen-bond donors (Lipinski definition) is 0. The van der Waals surface area contributed by atoms with Gasteiger partial charge >= 0.3 is 0 Å². The lowest BCUT2D eigenvalue weighted by molar-refractivity contribution is -0.121. The third-order valence-corrected chi connectivity index (χ3v) is 6.78. The molecule has 0 saturated heterocycles. The van der Waals surface area contributed by atoms with E-state index in [4.69, 9.17) is 0 Å². The Bertz CT molecular complexity index is 1400. The zero-order chi connectivity index (χ0) is 23.9. The number of aryl methyl sites for hydroxylation is 2. The molecule has 1 unspecified atom stereocenters. The molecule has 0 bridgehead atoms. The Labute approximate surface area is 203 Å². The smallest absolute Gasteiger partial charge is 0.262 e. The number of nitrogens with zero attached hydrogens (tertiary/aromatic N) is 2. The molecule has 0 aromatic heterocycles. The number of hydrogen-bond acceptors (Lipinski definition) is 3. The van der Waals surface area contributed by atoms with Crippen molar-refractivity contribution >= 4 is 29.1 Å². The minimum atomic E-state index is -1.11. The summed E-state index contributed by atoms with van der Waals surface area (Å²) in [5, 5.41) is 0. The van der Waals surface area contributed by atoms with Gasteiger partial charge in [0.05, 0.1) is 22.5 Å². The van der Waals surface area contributed by atoms with E-state index in [0.29, 0.717) is 16.7 Å². The van der Waals surface area contributed by atoms with E-state index in [-0.39, 0.29) is 5.91 Å². The molecule has 2 heterocycles. The van der Waals surface area contributed by atoms with E-state index in [1.54, 1.807) is 41.3 Å². The minimum absolute atomic E-state index is 0.322. The van der Waals surface area contributed by atoms with Gasteiger partial charge in [0.15, 0.2) is 0 Å². The molecule has 0 radical (unpaired) electrons. The van der Waals surface area contributed by atoms with Crippen LogP contribution in [-0.4, -0.2) is 22.6 Å². The number of anilines is 2. The normalized spacial score (nSPS) is 15.2. The molecule has 0 aliphatic carbocycles. The Balaban J connectivity index is 1.55. The number of carbonyl (C=O) groups excluding carboxylic acids is 3. The molecule has 0 fully saturated rings. The van der Waals surface area contributed by atoms with Crippen LogP contribution in [0.4, 0.5) is 11.4 Å². The molecule has 170 valence electrons. The van der Waals surface area contributed by atoms with E-state index >= 15 is 0 Å². The van der Waals surface area contributed by atoms with Gasteiger partial charge in [0, 0.05) is 0 Å². The van der Waals surface area contributed by atoms with Crippen molar-refractivity contribution < 1.29 is 14.4 Å². The second kappa shape index (κ2) is 8.37. The highest BCUT2D eigenvalue weighted by molar-refractivity contribution is 6.24. The van der Waals surface area contributed by atoms with Gasteiger partial charge in [-0.3, -0.25) is 24.2 Å². The molecule has 6 rings (SSSR count). The molecule has 2 aliphatic heterocycles. The van der Waals surface area contributed by atoms with E-state index in [0.717, 1.165) is 40.2 Å². The Morgan fingerprint density at radius 3 is 1.60 bits per heavy atom. The largest absolute Gasteiger partial charge is 0.278 e. The lowest BCUT2D eigenvalue weighted by Gasteiger charge is -2.32. The summed E-state index contributed by atoms with van der Waals surface area (Å²) in [4.78, 5) is 44.4. The summed E-state index contributed by atoms with van der Waals surface area (Å²) in [6, 6.07) is 30.4. The van der Waals surface area contributed by atoms with Gasteiger partial charge in [-0.1, -0.05) is 78.9 Å². The number of benzene rings is 4. The predicted octanol–water partition coefficient (Wildman–Crippen LogP) is 5.49. The van der Waals surface area contributed by atoms with Crippen molar-refractivity contribution in [2.45, 2.75) is 18.9 Å². The van der Waals surface area contributed by atoms with Crippen LogP contribution in [-0.2, 0) is 17.6 Å². The zero-order valence-corrected chi connectivity index (χ0v) is 18.9. The summed E-state index contributed by atoms with van der Waals surface area (Å²) in [6.45, 7) is 0.